The summed E-state index contributed by atoms with van der Waals surface area (Å²) in [4.78, 5) is 14.2. The summed E-state index contributed by atoms with van der Waals surface area (Å²) < 4.78 is 27.0. The van der Waals surface area contributed by atoms with E-state index in [4.69, 9.17) is 0 Å². The minimum Gasteiger partial charge on any atom is -0.345 e. The number of thioether (sulfide) groups is 1. The summed E-state index contributed by atoms with van der Waals surface area (Å²) in [5.74, 6) is 0.714. The molecule has 0 radical (unpaired) electrons. The van der Waals surface area contributed by atoms with Crippen LogP contribution in [0.5, 0.6) is 0 Å². The van der Waals surface area contributed by atoms with Crippen molar-refractivity contribution in [2.75, 3.05) is 18.8 Å². The van der Waals surface area contributed by atoms with Crippen molar-refractivity contribution in [1.82, 2.24) is 9.62 Å². The molecule has 2 heterocycles. The maximum Gasteiger partial charge on any atom is 0.251 e. The van der Waals surface area contributed by atoms with Crippen LogP contribution < -0.4 is 5.32 Å². The molecule has 2 aromatic carbocycles. The van der Waals surface area contributed by atoms with Crippen LogP contribution in [-0.4, -0.2) is 37.5 Å². The van der Waals surface area contributed by atoms with Crippen LogP contribution >= 0.6 is 11.8 Å². The van der Waals surface area contributed by atoms with E-state index in [9.17, 15) is 13.2 Å². The Bertz CT molecular complexity index is 953. The third-order valence-electron chi connectivity index (χ3n) is 5.06. The Morgan fingerprint density at radius 1 is 1.07 bits per heavy atom. The van der Waals surface area contributed by atoms with E-state index in [2.05, 4.69) is 11.4 Å². The quantitative estimate of drug-likeness (QED) is 0.851. The zero-order chi connectivity index (χ0) is 18.9. The van der Waals surface area contributed by atoms with E-state index in [1.54, 1.807) is 30.0 Å². The van der Waals surface area contributed by atoms with Gasteiger partial charge in [0.25, 0.3) is 5.91 Å². The molecular weight excluding hydrogens is 380 g/mol. The molecule has 1 atom stereocenters. The first-order chi connectivity index (χ1) is 13.1. The van der Waals surface area contributed by atoms with Crippen LogP contribution in [0, 0.1) is 0 Å². The smallest absolute Gasteiger partial charge is 0.251 e. The van der Waals surface area contributed by atoms with E-state index in [0.717, 1.165) is 30.6 Å². The number of nitrogens with zero attached hydrogens (tertiary/aromatic N) is 1. The lowest BCUT2D eigenvalue weighted by Gasteiger charge is -2.26. The molecule has 1 amide bonds. The van der Waals surface area contributed by atoms with Crippen LogP contribution in [0.2, 0.25) is 0 Å². The predicted molar refractivity (Wildman–Crippen MR) is 106 cm³/mol. The Morgan fingerprint density at radius 2 is 1.85 bits per heavy atom. The van der Waals surface area contributed by atoms with Crippen LogP contribution in [0.25, 0.3) is 0 Å². The second-order valence-electron chi connectivity index (χ2n) is 6.84. The molecule has 0 aliphatic carbocycles. The van der Waals surface area contributed by atoms with Gasteiger partial charge in [0.1, 0.15) is 0 Å². The van der Waals surface area contributed by atoms with Gasteiger partial charge in [-0.15, -0.1) is 11.8 Å². The molecule has 142 valence electrons. The first-order valence-electron chi connectivity index (χ1n) is 9.18. The standard InChI is InChI=1S/C20H22N2O3S2/c23-20(21-18-10-13-26-19-9-2-1-8-17(18)19)15-6-5-7-16(14-15)27(24,25)22-11-3-4-12-22/h1-2,5-9,14,18H,3-4,10-13H2,(H,21,23). The Labute approximate surface area is 164 Å². The van der Waals surface area contributed by atoms with E-state index >= 15 is 0 Å². The van der Waals surface area contributed by atoms with E-state index < -0.39 is 10.0 Å². The molecule has 2 aliphatic heterocycles. The number of rotatable bonds is 4. The number of fused-ring (bicyclic) bond motifs is 1. The van der Waals surface area contributed by atoms with Crippen molar-refractivity contribution in [1.29, 1.82) is 0 Å². The molecule has 1 saturated heterocycles. The van der Waals surface area contributed by atoms with Gasteiger partial charge in [0, 0.05) is 29.3 Å². The van der Waals surface area contributed by atoms with Gasteiger partial charge >= 0.3 is 0 Å². The number of carbonyl (C=O) groups is 1. The lowest BCUT2D eigenvalue weighted by atomic mass is 10.0. The van der Waals surface area contributed by atoms with Gasteiger partial charge in [0.2, 0.25) is 10.0 Å². The van der Waals surface area contributed by atoms with E-state index in [1.807, 2.05) is 18.2 Å². The summed E-state index contributed by atoms with van der Waals surface area (Å²) in [6.45, 7) is 1.10. The summed E-state index contributed by atoms with van der Waals surface area (Å²) >= 11 is 1.80. The van der Waals surface area contributed by atoms with Crippen LogP contribution in [0.3, 0.4) is 0 Å². The number of amides is 1. The van der Waals surface area contributed by atoms with E-state index in [1.165, 1.54) is 15.3 Å². The van der Waals surface area contributed by atoms with Crippen molar-refractivity contribution < 1.29 is 13.2 Å². The Morgan fingerprint density at radius 3 is 2.67 bits per heavy atom. The highest BCUT2D eigenvalue weighted by molar-refractivity contribution is 7.99. The van der Waals surface area contributed by atoms with Crippen LogP contribution in [0.15, 0.2) is 58.3 Å². The van der Waals surface area contributed by atoms with Crippen molar-refractivity contribution in [3.05, 3.63) is 59.7 Å². The maximum absolute atomic E-state index is 12.8. The van der Waals surface area contributed by atoms with Crippen molar-refractivity contribution in [2.24, 2.45) is 0 Å². The van der Waals surface area contributed by atoms with Crippen molar-refractivity contribution in [3.63, 3.8) is 0 Å². The van der Waals surface area contributed by atoms with Crippen molar-refractivity contribution in [2.45, 2.75) is 35.1 Å². The van der Waals surface area contributed by atoms with Gasteiger partial charge in [-0.05, 0) is 49.1 Å². The zero-order valence-corrected chi connectivity index (χ0v) is 16.6. The van der Waals surface area contributed by atoms with E-state index in [0.29, 0.717) is 18.7 Å². The molecule has 0 saturated carbocycles. The van der Waals surface area contributed by atoms with Crippen LogP contribution in [0.1, 0.15) is 41.2 Å². The summed E-state index contributed by atoms with van der Waals surface area (Å²) in [6, 6.07) is 14.4. The van der Waals surface area contributed by atoms with Crippen molar-refractivity contribution >= 4 is 27.7 Å². The summed E-state index contributed by atoms with van der Waals surface area (Å²) in [6.07, 6.45) is 2.64. The normalized spacial score (nSPS) is 20.2. The fraction of sp³-hybridized carbons (Fsp3) is 0.350. The van der Waals surface area contributed by atoms with Crippen LogP contribution in [0.4, 0.5) is 0 Å². The molecular formula is C20H22N2O3S2. The van der Waals surface area contributed by atoms with E-state index in [-0.39, 0.29) is 16.8 Å². The highest BCUT2D eigenvalue weighted by atomic mass is 32.2. The predicted octanol–water partition coefficient (Wildman–Crippen LogP) is 3.44. The molecule has 1 N–H and O–H groups in total. The topological polar surface area (TPSA) is 66.5 Å². The summed E-state index contributed by atoms with van der Waals surface area (Å²) in [7, 11) is -3.53. The molecule has 1 fully saturated rings. The molecule has 1 unspecified atom stereocenters. The van der Waals surface area contributed by atoms with Gasteiger partial charge in [-0.3, -0.25) is 4.79 Å². The summed E-state index contributed by atoms with van der Waals surface area (Å²) in [5, 5.41) is 3.08. The number of hydrogen-bond donors (Lipinski definition) is 1. The maximum atomic E-state index is 12.8. The Hall–Kier alpha value is -1.83. The number of sulfonamides is 1. The Kier molecular flexibility index (Phi) is 5.25. The highest BCUT2D eigenvalue weighted by Gasteiger charge is 2.28. The summed E-state index contributed by atoms with van der Waals surface area (Å²) in [5.41, 5.74) is 1.51. The first kappa shape index (κ1) is 18.5. The fourth-order valence-corrected chi connectivity index (χ4v) is 6.30. The molecule has 2 aromatic rings. The van der Waals surface area contributed by atoms with Gasteiger partial charge in [0.15, 0.2) is 0 Å². The first-order valence-corrected chi connectivity index (χ1v) is 11.6. The molecule has 0 bridgehead atoms. The second kappa shape index (κ2) is 7.66. The lowest BCUT2D eigenvalue weighted by Crippen LogP contribution is -2.31. The Balaban J connectivity index is 1.55. The van der Waals surface area contributed by atoms with Gasteiger partial charge < -0.3 is 5.32 Å². The van der Waals surface area contributed by atoms with Gasteiger partial charge in [0.05, 0.1) is 10.9 Å². The molecule has 0 aromatic heterocycles. The third-order valence-corrected chi connectivity index (χ3v) is 8.08. The molecule has 27 heavy (non-hydrogen) atoms. The minimum absolute atomic E-state index is 0.0474. The van der Waals surface area contributed by atoms with Gasteiger partial charge in [-0.2, -0.15) is 4.31 Å². The highest BCUT2D eigenvalue weighted by Crippen LogP contribution is 2.36. The molecule has 5 nitrogen and oxygen atoms in total. The number of benzene rings is 2. The lowest BCUT2D eigenvalue weighted by molar-refractivity contribution is 0.0934. The largest absolute Gasteiger partial charge is 0.345 e. The van der Waals surface area contributed by atoms with Gasteiger partial charge in [-0.1, -0.05) is 24.3 Å². The fourth-order valence-electron chi connectivity index (χ4n) is 3.61. The average molecular weight is 403 g/mol. The minimum atomic E-state index is -3.53. The van der Waals surface area contributed by atoms with Crippen LogP contribution in [-0.2, 0) is 10.0 Å². The average Bonchev–Trinajstić information content (AvgIpc) is 3.24. The third kappa shape index (κ3) is 3.77. The van der Waals surface area contributed by atoms with Crippen molar-refractivity contribution in [3.8, 4) is 0 Å². The SMILES string of the molecule is O=C(NC1CCSc2ccccc21)c1cccc(S(=O)(=O)N2CCCC2)c1. The molecule has 7 heteroatoms. The number of carbonyl (C=O) groups excluding carboxylic acids is 1. The second-order valence-corrected chi connectivity index (χ2v) is 9.91. The molecule has 4 rings (SSSR count). The molecule has 0 spiro atoms. The monoisotopic (exact) mass is 402 g/mol. The zero-order valence-electron chi connectivity index (χ0n) is 14.9. The van der Waals surface area contributed by atoms with Gasteiger partial charge in [-0.25, -0.2) is 8.42 Å². The molecule has 2 aliphatic rings. The number of hydrogen-bond acceptors (Lipinski definition) is 4. The number of nitrogens with one attached hydrogen (secondary N) is 1.